The van der Waals surface area contributed by atoms with E-state index in [0.717, 1.165) is 0 Å². The Kier molecular flexibility index (Phi) is 4.28. The first-order valence-electron chi connectivity index (χ1n) is 4.89. The van der Waals surface area contributed by atoms with Crippen LogP contribution >= 0.6 is 11.6 Å². The summed E-state index contributed by atoms with van der Waals surface area (Å²) in [5.41, 5.74) is 5.64. The van der Waals surface area contributed by atoms with Crippen LogP contribution in [0.3, 0.4) is 0 Å². The van der Waals surface area contributed by atoms with Crippen molar-refractivity contribution < 1.29 is 9.59 Å². The molecule has 0 spiro atoms. The number of aromatic nitrogens is 1. The van der Waals surface area contributed by atoms with Gasteiger partial charge in [-0.2, -0.15) is 0 Å². The Bertz CT molecular complexity index is 450. The second-order valence-corrected chi connectivity index (χ2v) is 3.81. The van der Waals surface area contributed by atoms with Crippen molar-refractivity contribution in [2.24, 2.45) is 0 Å². The molecule has 1 atom stereocenters. The summed E-state index contributed by atoms with van der Waals surface area (Å²) in [4.78, 5) is 26.8. The van der Waals surface area contributed by atoms with Crippen molar-refractivity contribution in [1.82, 2.24) is 15.6 Å². The lowest BCUT2D eigenvalue weighted by Gasteiger charge is -2.12. The minimum absolute atomic E-state index is 0.181. The van der Waals surface area contributed by atoms with Gasteiger partial charge in [0.25, 0.3) is 5.91 Å². The Hall–Kier alpha value is -1.82. The number of nitrogen functional groups attached to an aromatic ring is 1. The molecule has 1 aromatic rings. The number of likely N-dealkylation sites (N-methyl/N-ethyl adjacent to an activating group) is 1. The van der Waals surface area contributed by atoms with Gasteiger partial charge in [-0.15, -0.1) is 0 Å². The van der Waals surface area contributed by atoms with E-state index in [2.05, 4.69) is 15.6 Å². The van der Waals surface area contributed by atoms with E-state index in [0.29, 0.717) is 0 Å². The molecule has 1 aromatic heterocycles. The fourth-order valence-electron chi connectivity index (χ4n) is 1.19. The summed E-state index contributed by atoms with van der Waals surface area (Å²) in [5.74, 6) is -0.580. The van der Waals surface area contributed by atoms with E-state index in [1.54, 1.807) is 6.92 Å². The molecule has 7 heteroatoms. The van der Waals surface area contributed by atoms with Gasteiger partial charge in [0.1, 0.15) is 11.9 Å². The number of pyridine rings is 1. The van der Waals surface area contributed by atoms with Gasteiger partial charge in [-0.1, -0.05) is 11.6 Å². The number of rotatable bonds is 3. The molecule has 0 aromatic carbocycles. The highest BCUT2D eigenvalue weighted by Gasteiger charge is 2.17. The van der Waals surface area contributed by atoms with E-state index in [9.17, 15) is 9.59 Å². The van der Waals surface area contributed by atoms with Crippen LogP contribution in [-0.4, -0.2) is 29.9 Å². The number of carbonyl (C=O) groups excluding carboxylic acids is 2. The number of nitrogens with zero attached hydrogens (tertiary/aromatic N) is 1. The highest BCUT2D eigenvalue weighted by atomic mass is 35.5. The molecule has 0 bridgehead atoms. The highest BCUT2D eigenvalue weighted by molar-refractivity contribution is 6.33. The topological polar surface area (TPSA) is 97.1 Å². The molecule has 4 N–H and O–H groups in total. The number of carbonyl (C=O) groups is 2. The van der Waals surface area contributed by atoms with Gasteiger partial charge in [-0.05, 0) is 13.0 Å². The van der Waals surface area contributed by atoms with Crippen molar-refractivity contribution in [1.29, 1.82) is 0 Å². The predicted octanol–water partition coefficient (Wildman–Crippen LogP) is 0.181. The number of anilines is 1. The predicted molar refractivity (Wildman–Crippen MR) is 64.7 cm³/mol. The highest BCUT2D eigenvalue weighted by Crippen LogP contribution is 2.16. The lowest BCUT2D eigenvalue weighted by atomic mass is 10.2. The monoisotopic (exact) mass is 256 g/mol. The molecule has 0 saturated heterocycles. The number of hydrogen-bond donors (Lipinski definition) is 3. The molecule has 0 saturated carbocycles. The van der Waals surface area contributed by atoms with Crippen LogP contribution in [0.1, 0.15) is 17.3 Å². The van der Waals surface area contributed by atoms with Crippen LogP contribution < -0.4 is 16.4 Å². The number of nitrogens with one attached hydrogen (secondary N) is 2. The summed E-state index contributed by atoms with van der Waals surface area (Å²) < 4.78 is 0. The fraction of sp³-hybridized carbons (Fsp3) is 0.300. The molecule has 1 rings (SSSR count). The Morgan fingerprint density at radius 2 is 2.18 bits per heavy atom. The lowest BCUT2D eigenvalue weighted by Crippen LogP contribution is -2.43. The van der Waals surface area contributed by atoms with E-state index in [1.807, 2.05) is 0 Å². The van der Waals surface area contributed by atoms with Crippen LogP contribution in [0.4, 0.5) is 5.82 Å². The molecule has 0 aliphatic rings. The maximum Gasteiger partial charge on any atom is 0.253 e. The van der Waals surface area contributed by atoms with Crippen molar-refractivity contribution in [3.05, 3.63) is 22.8 Å². The SMILES string of the molecule is CNC(=O)C(C)NC(=O)c1cc(N)ncc1Cl. The van der Waals surface area contributed by atoms with Crippen molar-refractivity contribution in [2.75, 3.05) is 12.8 Å². The van der Waals surface area contributed by atoms with Crippen molar-refractivity contribution >= 4 is 29.2 Å². The molecule has 6 nitrogen and oxygen atoms in total. The van der Waals surface area contributed by atoms with E-state index in [4.69, 9.17) is 17.3 Å². The molecule has 0 aliphatic heterocycles. The average molecular weight is 257 g/mol. The third-order valence-corrected chi connectivity index (χ3v) is 2.41. The number of nitrogens with two attached hydrogens (primary N) is 1. The van der Waals surface area contributed by atoms with Gasteiger partial charge in [0.2, 0.25) is 5.91 Å². The average Bonchev–Trinajstić information content (AvgIpc) is 2.30. The summed E-state index contributed by atoms with van der Waals surface area (Å²) >= 11 is 5.81. The second-order valence-electron chi connectivity index (χ2n) is 3.40. The first kappa shape index (κ1) is 13.2. The summed E-state index contributed by atoms with van der Waals surface area (Å²) in [5, 5.41) is 5.10. The Morgan fingerprint density at radius 1 is 1.53 bits per heavy atom. The van der Waals surface area contributed by atoms with Gasteiger partial charge in [-0.25, -0.2) is 4.98 Å². The van der Waals surface area contributed by atoms with Crippen LogP contribution in [0.15, 0.2) is 12.3 Å². The first-order chi connectivity index (χ1) is 7.95. The summed E-state index contributed by atoms with van der Waals surface area (Å²) in [6.07, 6.45) is 1.29. The standard InChI is InChI=1S/C10H13ClN4O2/c1-5(9(16)13-2)15-10(17)6-3-8(12)14-4-7(6)11/h3-5H,1-2H3,(H2,12,14)(H,13,16)(H,15,17). The quantitative estimate of drug-likeness (QED) is 0.719. The zero-order chi connectivity index (χ0) is 13.0. The van der Waals surface area contributed by atoms with Gasteiger partial charge in [0.15, 0.2) is 0 Å². The molecular weight excluding hydrogens is 244 g/mol. The van der Waals surface area contributed by atoms with Crippen LogP contribution in [0.5, 0.6) is 0 Å². The molecular formula is C10H13ClN4O2. The molecule has 2 amide bonds. The van der Waals surface area contributed by atoms with Gasteiger partial charge < -0.3 is 16.4 Å². The third-order valence-electron chi connectivity index (χ3n) is 2.11. The van der Waals surface area contributed by atoms with Crippen molar-refractivity contribution in [3.63, 3.8) is 0 Å². The number of amides is 2. The fourth-order valence-corrected chi connectivity index (χ4v) is 1.37. The van der Waals surface area contributed by atoms with E-state index < -0.39 is 11.9 Å². The van der Waals surface area contributed by atoms with Crippen LogP contribution in [0.25, 0.3) is 0 Å². The zero-order valence-corrected chi connectivity index (χ0v) is 10.2. The van der Waals surface area contributed by atoms with Crippen LogP contribution in [0, 0.1) is 0 Å². The molecule has 1 heterocycles. The van der Waals surface area contributed by atoms with E-state index >= 15 is 0 Å². The lowest BCUT2D eigenvalue weighted by molar-refractivity contribution is -0.122. The van der Waals surface area contributed by atoms with Crippen molar-refractivity contribution in [2.45, 2.75) is 13.0 Å². The van der Waals surface area contributed by atoms with Gasteiger partial charge in [0, 0.05) is 13.2 Å². The van der Waals surface area contributed by atoms with Gasteiger partial charge in [0.05, 0.1) is 10.6 Å². The minimum atomic E-state index is -0.655. The van der Waals surface area contributed by atoms with Crippen LogP contribution in [0.2, 0.25) is 5.02 Å². The smallest absolute Gasteiger partial charge is 0.253 e. The molecule has 0 radical (unpaired) electrons. The van der Waals surface area contributed by atoms with E-state index in [-0.39, 0.29) is 22.3 Å². The molecule has 1 unspecified atom stereocenters. The third kappa shape index (κ3) is 3.32. The Labute approximate surface area is 104 Å². The normalized spacial score (nSPS) is 11.7. The van der Waals surface area contributed by atoms with Gasteiger partial charge in [-0.3, -0.25) is 9.59 Å². The Morgan fingerprint density at radius 3 is 2.76 bits per heavy atom. The molecule has 0 fully saturated rings. The minimum Gasteiger partial charge on any atom is -0.384 e. The second kappa shape index (κ2) is 5.49. The van der Waals surface area contributed by atoms with Gasteiger partial charge >= 0.3 is 0 Å². The first-order valence-corrected chi connectivity index (χ1v) is 5.27. The molecule has 17 heavy (non-hydrogen) atoms. The summed E-state index contributed by atoms with van der Waals surface area (Å²) in [6.45, 7) is 1.56. The summed E-state index contributed by atoms with van der Waals surface area (Å²) in [7, 11) is 1.49. The molecule has 92 valence electrons. The van der Waals surface area contributed by atoms with Crippen LogP contribution in [-0.2, 0) is 4.79 Å². The summed E-state index contributed by atoms with van der Waals surface area (Å²) in [6, 6.07) is 0.701. The maximum atomic E-state index is 11.8. The van der Waals surface area contributed by atoms with Crippen molar-refractivity contribution in [3.8, 4) is 0 Å². The maximum absolute atomic E-state index is 11.8. The zero-order valence-electron chi connectivity index (χ0n) is 9.45. The molecule has 0 aliphatic carbocycles. The largest absolute Gasteiger partial charge is 0.384 e. The number of halogens is 1. The Balaban J connectivity index is 2.83. The number of hydrogen-bond acceptors (Lipinski definition) is 4. The van der Waals surface area contributed by atoms with E-state index in [1.165, 1.54) is 19.3 Å².